The number of aryl methyl sites for hydroxylation is 1. The van der Waals surface area contributed by atoms with E-state index in [1.165, 1.54) is 6.20 Å². The van der Waals surface area contributed by atoms with Crippen LogP contribution in [0.5, 0.6) is 0 Å². The van der Waals surface area contributed by atoms with Gasteiger partial charge in [-0.25, -0.2) is 17.8 Å². The second-order valence-electron chi connectivity index (χ2n) is 4.13. The molecule has 3 N–H and O–H groups in total. The average Bonchev–Trinajstić information content (AvgIpc) is 2.33. The standard InChI is InChI=1S/C12H11BrFN3O2S/c1-7-2-3-16-12(4-7)17-20(18,19)11-5-8(13)9(14)6-10(11)15/h2-6H,15H2,1H3,(H,16,17). The summed E-state index contributed by atoms with van der Waals surface area (Å²) in [6, 6.07) is 5.37. The molecule has 0 bridgehead atoms. The van der Waals surface area contributed by atoms with Crippen molar-refractivity contribution in [3.8, 4) is 0 Å². The zero-order chi connectivity index (χ0) is 14.9. The maximum Gasteiger partial charge on any atom is 0.265 e. The molecule has 0 saturated carbocycles. The molecule has 0 aliphatic rings. The third-order valence-corrected chi connectivity index (χ3v) is 4.51. The number of nitrogens with one attached hydrogen (secondary N) is 1. The second kappa shape index (κ2) is 5.37. The first-order valence-electron chi connectivity index (χ1n) is 5.49. The fourth-order valence-corrected chi connectivity index (χ4v) is 3.20. The van der Waals surface area contributed by atoms with Crippen LogP contribution in [0.3, 0.4) is 0 Å². The molecule has 0 spiro atoms. The lowest BCUT2D eigenvalue weighted by molar-refractivity contribution is 0.599. The van der Waals surface area contributed by atoms with Gasteiger partial charge < -0.3 is 5.73 Å². The Balaban J connectivity index is 2.43. The smallest absolute Gasteiger partial charge is 0.265 e. The van der Waals surface area contributed by atoms with E-state index in [1.54, 1.807) is 12.1 Å². The van der Waals surface area contributed by atoms with E-state index in [2.05, 4.69) is 25.6 Å². The van der Waals surface area contributed by atoms with Crippen LogP contribution < -0.4 is 10.5 Å². The molecule has 2 rings (SSSR count). The molecule has 0 atom stereocenters. The van der Waals surface area contributed by atoms with Gasteiger partial charge in [0.25, 0.3) is 10.0 Å². The summed E-state index contributed by atoms with van der Waals surface area (Å²) in [6.07, 6.45) is 1.48. The highest BCUT2D eigenvalue weighted by molar-refractivity contribution is 9.10. The first-order chi connectivity index (χ1) is 9.29. The van der Waals surface area contributed by atoms with Crippen molar-refractivity contribution in [2.24, 2.45) is 0 Å². The van der Waals surface area contributed by atoms with E-state index < -0.39 is 15.8 Å². The number of nitrogens with zero attached hydrogens (tertiary/aromatic N) is 1. The number of nitrogens with two attached hydrogens (primary N) is 1. The fourth-order valence-electron chi connectivity index (χ4n) is 1.56. The lowest BCUT2D eigenvalue weighted by Gasteiger charge is -2.10. The van der Waals surface area contributed by atoms with Crippen molar-refractivity contribution in [3.63, 3.8) is 0 Å². The third kappa shape index (κ3) is 3.07. The number of anilines is 2. The van der Waals surface area contributed by atoms with E-state index in [4.69, 9.17) is 5.73 Å². The predicted octanol–water partition coefficient (Wildman–Crippen LogP) is 2.67. The van der Waals surface area contributed by atoms with E-state index in [-0.39, 0.29) is 20.9 Å². The third-order valence-electron chi connectivity index (χ3n) is 2.50. The topological polar surface area (TPSA) is 85.1 Å². The Bertz CT molecular complexity index is 765. The summed E-state index contributed by atoms with van der Waals surface area (Å²) < 4.78 is 40.0. The molecule has 0 aliphatic carbocycles. The Kier molecular flexibility index (Phi) is 3.96. The van der Waals surface area contributed by atoms with Gasteiger partial charge in [-0.05, 0) is 52.7 Å². The summed E-state index contributed by atoms with van der Waals surface area (Å²) in [5, 5.41) is 0. The number of hydrogen-bond acceptors (Lipinski definition) is 4. The van der Waals surface area contributed by atoms with Gasteiger partial charge in [-0.15, -0.1) is 0 Å². The van der Waals surface area contributed by atoms with Crippen molar-refractivity contribution in [1.82, 2.24) is 4.98 Å². The minimum atomic E-state index is -3.93. The van der Waals surface area contributed by atoms with Crippen LogP contribution in [-0.4, -0.2) is 13.4 Å². The molecule has 0 fully saturated rings. The van der Waals surface area contributed by atoms with Gasteiger partial charge in [0, 0.05) is 6.20 Å². The van der Waals surface area contributed by atoms with Gasteiger partial charge in [0.2, 0.25) is 0 Å². The number of benzene rings is 1. The maximum absolute atomic E-state index is 13.3. The van der Waals surface area contributed by atoms with Crippen LogP contribution in [0.2, 0.25) is 0 Å². The van der Waals surface area contributed by atoms with Crippen LogP contribution in [0, 0.1) is 12.7 Å². The summed E-state index contributed by atoms with van der Waals surface area (Å²) in [6.45, 7) is 1.81. The van der Waals surface area contributed by atoms with Gasteiger partial charge in [-0.1, -0.05) is 0 Å². The summed E-state index contributed by atoms with van der Waals surface area (Å²) >= 11 is 2.93. The molecule has 0 amide bonds. The van der Waals surface area contributed by atoms with Crippen molar-refractivity contribution >= 4 is 37.5 Å². The van der Waals surface area contributed by atoms with Gasteiger partial charge in [0.05, 0.1) is 10.2 Å². The van der Waals surface area contributed by atoms with Crippen molar-refractivity contribution in [1.29, 1.82) is 0 Å². The first-order valence-corrected chi connectivity index (χ1v) is 7.77. The maximum atomic E-state index is 13.3. The van der Waals surface area contributed by atoms with Crippen LogP contribution >= 0.6 is 15.9 Å². The molecule has 20 heavy (non-hydrogen) atoms. The van der Waals surface area contributed by atoms with Gasteiger partial charge in [-0.3, -0.25) is 4.72 Å². The molecular weight excluding hydrogens is 349 g/mol. The molecule has 0 radical (unpaired) electrons. The molecule has 1 heterocycles. The monoisotopic (exact) mass is 359 g/mol. The van der Waals surface area contributed by atoms with E-state index in [0.29, 0.717) is 0 Å². The van der Waals surface area contributed by atoms with Gasteiger partial charge in [-0.2, -0.15) is 0 Å². The quantitative estimate of drug-likeness (QED) is 0.825. The molecule has 0 unspecified atom stereocenters. The number of nitrogen functional groups attached to an aromatic ring is 1. The SMILES string of the molecule is Cc1ccnc(NS(=O)(=O)c2cc(Br)c(F)cc2N)c1. The van der Waals surface area contributed by atoms with Gasteiger partial charge in [0.15, 0.2) is 0 Å². The molecular formula is C12H11BrFN3O2S. The van der Waals surface area contributed by atoms with E-state index in [0.717, 1.165) is 17.7 Å². The Labute approximate surface area is 124 Å². The lowest BCUT2D eigenvalue weighted by Crippen LogP contribution is -2.16. The Morgan fingerprint density at radius 2 is 2.05 bits per heavy atom. The summed E-state index contributed by atoms with van der Waals surface area (Å²) in [4.78, 5) is 3.69. The highest BCUT2D eigenvalue weighted by atomic mass is 79.9. The molecule has 0 saturated heterocycles. The number of hydrogen-bond donors (Lipinski definition) is 2. The molecule has 8 heteroatoms. The summed E-state index contributed by atoms with van der Waals surface area (Å²) in [7, 11) is -3.93. The molecule has 1 aromatic heterocycles. The fraction of sp³-hybridized carbons (Fsp3) is 0.0833. The number of aromatic nitrogens is 1. The lowest BCUT2D eigenvalue weighted by atomic mass is 10.3. The largest absolute Gasteiger partial charge is 0.398 e. The van der Waals surface area contributed by atoms with Crippen LogP contribution in [0.25, 0.3) is 0 Å². The Morgan fingerprint density at radius 3 is 2.70 bits per heavy atom. The molecule has 1 aromatic carbocycles. The number of halogens is 2. The van der Waals surface area contributed by atoms with Crippen molar-refractivity contribution in [3.05, 3.63) is 46.3 Å². The minimum Gasteiger partial charge on any atom is -0.398 e. The second-order valence-corrected chi connectivity index (χ2v) is 6.63. The van der Waals surface area contributed by atoms with Gasteiger partial charge in [0.1, 0.15) is 16.5 Å². The Morgan fingerprint density at radius 1 is 1.35 bits per heavy atom. The zero-order valence-corrected chi connectivity index (χ0v) is 12.8. The van der Waals surface area contributed by atoms with Crippen LogP contribution in [0.1, 0.15) is 5.56 Å². The van der Waals surface area contributed by atoms with Crippen molar-refractivity contribution < 1.29 is 12.8 Å². The van der Waals surface area contributed by atoms with E-state index in [1.807, 2.05) is 6.92 Å². The highest BCUT2D eigenvalue weighted by Gasteiger charge is 2.20. The predicted molar refractivity (Wildman–Crippen MR) is 78.3 cm³/mol. The van der Waals surface area contributed by atoms with Crippen LogP contribution in [0.15, 0.2) is 39.8 Å². The Hall–Kier alpha value is -1.67. The number of rotatable bonds is 3. The minimum absolute atomic E-state index is 0.0178. The zero-order valence-electron chi connectivity index (χ0n) is 10.4. The van der Waals surface area contributed by atoms with E-state index >= 15 is 0 Å². The summed E-state index contributed by atoms with van der Waals surface area (Å²) in [5.74, 6) is -0.458. The summed E-state index contributed by atoms with van der Waals surface area (Å²) in [5.41, 5.74) is 6.24. The molecule has 2 aromatic rings. The number of sulfonamides is 1. The van der Waals surface area contributed by atoms with Crippen LogP contribution in [0.4, 0.5) is 15.9 Å². The number of pyridine rings is 1. The average molecular weight is 360 g/mol. The van der Waals surface area contributed by atoms with E-state index in [9.17, 15) is 12.8 Å². The highest BCUT2D eigenvalue weighted by Crippen LogP contribution is 2.27. The molecule has 106 valence electrons. The van der Waals surface area contributed by atoms with Crippen molar-refractivity contribution in [2.45, 2.75) is 11.8 Å². The molecule has 5 nitrogen and oxygen atoms in total. The molecule has 0 aliphatic heterocycles. The van der Waals surface area contributed by atoms with Gasteiger partial charge >= 0.3 is 0 Å². The van der Waals surface area contributed by atoms with Crippen LogP contribution in [-0.2, 0) is 10.0 Å². The van der Waals surface area contributed by atoms with Crippen molar-refractivity contribution in [2.75, 3.05) is 10.5 Å². The first kappa shape index (κ1) is 14.7. The normalized spacial score (nSPS) is 11.3.